The van der Waals surface area contributed by atoms with Crippen molar-refractivity contribution >= 4 is 27.3 Å². The van der Waals surface area contributed by atoms with Crippen molar-refractivity contribution in [3.8, 4) is 0 Å². The van der Waals surface area contributed by atoms with Crippen LogP contribution in [0.4, 0.5) is 11.4 Å². The average molecular weight is 372 g/mol. The van der Waals surface area contributed by atoms with Gasteiger partial charge in [-0.3, -0.25) is 9.52 Å². The zero-order chi connectivity index (χ0) is 18.9. The number of nitrogens with one attached hydrogen (secondary N) is 1. The highest BCUT2D eigenvalue weighted by molar-refractivity contribution is 7.91. The molecule has 0 aliphatic carbocycles. The van der Waals surface area contributed by atoms with Crippen molar-refractivity contribution in [2.24, 2.45) is 5.92 Å². The van der Waals surface area contributed by atoms with E-state index in [0.717, 1.165) is 28.8 Å². The quantitative estimate of drug-likeness (QED) is 0.874. The summed E-state index contributed by atoms with van der Waals surface area (Å²) in [6.45, 7) is 6.38. The Morgan fingerprint density at radius 3 is 2.50 bits per heavy atom. The summed E-state index contributed by atoms with van der Waals surface area (Å²) in [6.07, 6.45) is 0.737. The highest BCUT2D eigenvalue weighted by atomic mass is 32.2. The molecule has 0 unspecified atom stereocenters. The Morgan fingerprint density at radius 1 is 1.15 bits per heavy atom. The van der Waals surface area contributed by atoms with Crippen LogP contribution in [0.3, 0.4) is 0 Å². The maximum Gasteiger partial charge on any atom is 0.236 e. The number of anilines is 2. The maximum atomic E-state index is 12.4. The van der Waals surface area contributed by atoms with E-state index in [4.69, 9.17) is 0 Å². The van der Waals surface area contributed by atoms with Crippen molar-refractivity contribution < 1.29 is 13.2 Å². The van der Waals surface area contributed by atoms with Crippen molar-refractivity contribution in [3.63, 3.8) is 0 Å². The van der Waals surface area contributed by atoms with Crippen LogP contribution in [0.15, 0.2) is 42.5 Å². The fourth-order valence-electron chi connectivity index (χ4n) is 3.13. The molecule has 0 bridgehead atoms. The number of nitrogens with zero attached hydrogens (tertiary/aromatic N) is 1. The van der Waals surface area contributed by atoms with Gasteiger partial charge in [-0.15, -0.1) is 0 Å². The van der Waals surface area contributed by atoms with Crippen LogP contribution in [0.5, 0.6) is 0 Å². The zero-order valence-electron chi connectivity index (χ0n) is 15.3. The van der Waals surface area contributed by atoms with Crippen LogP contribution in [0, 0.1) is 12.8 Å². The molecule has 0 radical (unpaired) electrons. The van der Waals surface area contributed by atoms with Crippen molar-refractivity contribution in [1.29, 1.82) is 0 Å². The second kappa shape index (κ2) is 7.11. The third kappa shape index (κ3) is 4.07. The summed E-state index contributed by atoms with van der Waals surface area (Å²) in [5.74, 6) is -0.0346. The lowest BCUT2D eigenvalue weighted by atomic mass is 10.1. The minimum Gasteiger partial charge on any atom is -0.312 e. The Bertz CT molecular complexity index is 919. The Hall–Kier alpha value is -2.34. The van der Waals surface area contributed by atoms with Crippen molar-refractivity contribution in [2.45, 2.75) is 32.9 Å². The molecule has 1 amide bonds. The molecule has 1 heterocycles. The van der Waals surface area contributed by atoms with Crippen LogP contribution in [-0.2, 0) is 27.0 Å². The minimum atomic E-state index is -3.49. The number of hydrogen-bond donors (Lipinski definition) is 1. The molecule has 1 N–H and O–H groups in total. The first-order valence-corrected chi connectivity index (χ1v) is 10.4. The van der Waals surface area contributed by atoms with Gasteiger partial charge < -0.3 is 4.90 Å². The molecule has 5 nitrogen and oxygen atoms in total. The lowest BCUT2D eigenvalue weighted by Crippen LogP contribution is -2.32. The van der Waals surface area contributed by atoms with Gasteiger partial charge in [-0.2, -0.15) is 0 Å². The van der Waals surface area contributed by atoms with E-state index in [0.29, 0.717) is 12.2 Å². The van der Waals surface area contributed by atoms with E-state index in [1.807, 2.05) is 57.2 Å². The summed E-state index contributed by atoms with van der Waals surface area (Å²) in [6, 6.07) is 12.8. The highest BCUT2D eigenvalue weighted by Crippen LogP contribution is 2.32. The van der Waals surface area contributed by atoms with Gasteiger partial charge in [0.15, 0.2) is 0 Å². The molecule has 0 saturated heterocycles. The van der Waals surface area contributed by atoms with Gasteiger partial charge in [0.05, 0.1) is 5.75 Å². The number of carbonyl (C=O) groups is 1. The van der Waals surface area contributed by atoms with Crippen LogP contribution >= 0.6 is 0 Å². The van der Waals surface area contributed by atoms with Crippen LogP contribution in [0.25, 0.3) is 0 Å². The van der Waals surface area contributed by atoms with Gasteiger partial charge in [-0.25, -0.2) is 8.42 Å². The predicted molar refractivity (Wildman–Crippen MR) is 105 cm³/mol. The molecule has 6 heteroatoms. The van der Waals surface area contributed by atoms with E-state index in [2.05, 4.69) is 4.72 Å². The maximum absolute atomic E-state index is 12.4. The number of aryl methyl sites for hydroxylation is 1. The van der Waals surface area contributed by atoms with E-state index < -0.39 is 10.0 Å². The van der Waals surface area contributed by atoms with Crippen LogP contribution in [-0.4, -0.2) is 20.9 Å². The smallest absolute Gasteiger partial charge is 0.236 e. The van der Waals surface area contributed by atoms with Gasteiger partial charge in [0.2, 0.25) is 15.9 Å². The van der Waals surface area contributed by atoms with E-state index in [-0.39, 0.29) is 17.6 Å². The summed E-state index contributed by atoms with van der Waals surface area (Å²) in [5, 5.41) is 0. The molecule has 0 spiro atoms. The predicted octanol–water partition coefficient (Wildman–Crippen LogP) is 3.48. The van der Waals surface area contributed by atoms with Gasteiger partial charge in [0.1, 0.15) is 0 Å². The average Bonchev–Trinajstić information content (AvgIpc) is 2.98. The van der Waals surface area contributed by atoms with Gasteiger partial charge >= 0.3 is 0 Å². The second-order valence-corrected chi connectivity index (χ2v) is 8.81. The molecule has 1 aliphatic heterocycles. The van der Waals surface area contributed by atoms with Crippen LogP contribution in [0.1, 0.15) is 30.5 Å². The number of benzene rings is 2. The molecule has 3 rings (SSSR count). The van der Waals surface area contributed by atoms with Crippen molar-refractivity contribution in [1.82, 2.24) is 0 Å². The van der Waals surface area contributed by atoms with Crippen LogP contribution in [0.2, 0.25) is 0 Å². The number of rotatable bonds is 5. The van der Waals surface area contributed by atoms with Gasteiger partial charge in [0.25, 0.3) is 0 Å². The first-order chi connectivity index (χ1) is 12.2. The standard InChI is InChI=1S/C20H24N2O3S/c1-14(2)20(23)22-11-10-17-12-18(8-9-19(17)22)21-26(24,25)13-16-6-4-15(3)5-7-16/h4-9,12,14,21H,10-11,13H2,1-3H3. The van der Waals surface area contributed by atoms with Gasteiger partial charge in [-0.1, -0.05) is 43.7 Å². The molecule has 26 heavy (non-hydrogen) atoms. The third-order valence-corrected chi connectivity index (χ3v) is 5.75. The molecule has 2 aromatic rings. The lowest BCUT2D eigenvalue weighted by Gasteiger charge is -2.19. The number of fused-ring (bicyclic) bond motifs is 1. The van der Waals surface area contributed by atoms with E-state index in [9.17, 15) is 13.2 Å². The minimum absolute atomic E-state index is 0.0614. The summed E-state index contributed by atoms with van der Waals surface area (Å²) in [7, 11) is -3.49. The number of carbonyl (C=O) groups excluding carboxylic acids is 1. The van der Waals surface area contributed by atoms with E-state index in [1.165, 1.54) is 0 Å². The fraction of sp³-hybridized carbons (Fsp3) is 0.350. The van der Waals surface area contributed by atoms with E-state index >= 15 is 0 Å². The molecule has 138 valence electrons. The monoisotopic (exact) mass is 372 g/mol. The zero-order valence-corrected chi connectivity index (χ0v) is 16.1. The molecule has 0 saturated carbocycles. The summed E-state index contributed by atoms with van der Waals surface area (Å²) in [5.41, 5.74) is 4.26. The van der Waals surface area contributed by atoms with Gasteiger partial charge in [0, 0.05) is 23.8 Å². The molecule has 0 fully saturated rings. The fourth-order valence-corrected chi connectivity index (χ4v) is 4.31. The van der Waals surface area contributed by atoms with Crippen molar-refractivity contribution in [3.05, 3.63) is 59.2 Å². The summed E-state index contributed by atoms with van der Waals surface area (Å²) in [4.78, 5) is 14.0. The van der Waals surface area contributed by atoms with Gasteiger partial charge in [-0.05, 0) is 42.7 Å². The van der Waals surface area contributed by atoms with Crippen LogP contribution < -0.4 is 9.62 Å². The normalized spacial score (nSPS) is 13.8. The first-order valence-electron chi connectivity index (χ1n) is 8.75. The SMILES string of the molecule is Cc1ccc(CS(=O)(=O)Nc2ccc3c(c2)CCN3C(=O)C(C)C)cc1. The topological polar surface area (TPSA) is 66.5 Å². The molecule has 0 aromatic heterocycles. The number of hydrogen-bond acceptors (Lipinski definition) is 3. The Kier molecular flexibility index (Phi) is 5.05. The second-order valence-electron chi connectivity index (χ2n) is 7.08. The number of sulfonamides is 1. The highest BCUT2D eigenvalue weighted by Gasteiger charge is 2.26. The third-order valence-electron chi connectivity index (χ3n) is 4.49. The first kappa shape index (κ1) is 18.5. The number of amides is 1. The molecule has 2 aromatic carbocycles. The van der Waals surface area contributed by atoms with E-state index in [1.54, 1.807) is 11.0 Å². The largest absolute Gasteiger partial charge is 0.312 e. The molecule has 0 atom stereocenters. The van der Waals surface area contributed by atoms with Crippen molar-refractivity contribution in [2.75, 3.05) is 16.2 Å². The molecular weight excluding hydrogens is 348 g/mol. The summed E-state index contributed by atoms with van der Waals surface area (Å²) < 4.78 is 27.5. The lowest BCUT2D eigenvalue weighted by molar-refractivity contribution is -0.121. The Morgan fingerprint density at radius 2 is 1.85 bits per heavy atom. The molecular formula is C20H24N2O3S. The Labute approximate surface area is 155 Å². The Balaban J connectivity index is 1.75. The summed E-state index contributed by atoms with van der Waals surface area (Å²) >= 11 is 0. The molecule has 1 aliphatic rings.